The van der Waals surface area contributed by atoms with Gasteiger partial charge in [0.25, 0.3) is 11.4 Å². The van der Waals surface area contributed by atoms with Crippen LogP contribution in [0.3, 0.4) is 0 Å². The van der Waals surface area contributed by atoms with Crippen molar-refractivity contribution in [2.75, 3.05) is 8.61 Å². The van der Waals surface area contributed by atoms with Crippen molar-refractivity contribution in [2.24, 2.45) is 0 Å². The normalized spacial score (nSPS) is 13.2. The number of carbonyl (C=O) groups excluding carboxylic acids is 2. The average molecular weight is 730 g/mol. The molecule has 0 fully saturated rings. The molecule has 2 aromatic carbocycles. The van der Waals surface area contributed by atoms with E-state index in [1.54, 1.807) is 0 Å². The summed E-state index contributed by atoms with van der Waals surface area (Å²) >= 11 is 0. The molecule has 0 saturated carbocycles. The topological polar surface area (TPSA) is 195 Å². The lowest BCUT2D eigenvalue weighted by Gasteiger charge is -2.27. The van der Waals surface area contributed by atoms with Crippen LogP contribution in [0.2, 0.25) is 0 Å². The molecule has 46 heavy (non-hydrogen) atoms. The lowest BCUT2D eigenvalue weighted by molar-refractivity contribution is -0.384. The highest BCUT2D eigenvalue weighted by molar-refractivity contribution is 7.95. The highest BCUT2D eigenvalue weighted by atomic mass is 32.2. The molecule has 0 aromatic heterocycles. The Bertz CT molecular complexity index is 1700. The zero-order valence-electron chi connectivity index (χ0n) is 20.7. The lowest BCUT2D eigenvalue weighted by atomic mass is 10.1. The number of nitrogens with zero attached hydrogens (tertiary/aromatic N) is 4. The molecular formula is C18H6F12N4O10S2. The van der Waals surface area contributed by atoms with Crippen LogP contribution in [0.4, 0.5) is 75.4 Å². The zero-order chi connectivity index (χ0) is 36.2. The lowest BCUT2D eigenvalue weighted by Crippen LogP contribution is -2.55. The summed E-state index contributed by atoms with van der Waals surface area (Å²) in [4.78, 5) is 44.4. The van der Waals surface area contributed by atoms with Crippen molar-refractivity contribution in [3.8, 4) is 0 Å². The maximum absolute atomic E-state index is 13.5. The molecular weight excluding hydrogens is 724 g/mol. The average Bonchev–Trinajstić information content (AvgIpc) is 2.86. The van der Waals surface area contributed by atoms with E-state index in [2.05, 4.69) is 0 Å². The first kappa shape index (κ1) is 37.4. The van der Waals surface area contributed by atoms with Gasteiger partial charge >= 0.3 is 55.2 Å². The zero-order valence-corrected chi connectivity index (χ0v) is 22.3. The second-order valence-electron chi connectivity index (χ2n) is 7.96. The van der Waals surface area contributed by atoms with Crippen molar-refractivity contribution < 1.29 is 89.0 Å². The molecule has 28 heteroatoms. The Morgan fingerprint density at radius 3 is 1.02 bits per heavy atom. The quantitative estimate of drug-likeness (QED) is 0.175. The standard InChI is InChI=1S/C18H6F12N4O10S2/c19-15(20,21)7-1-3-9(11(5-7)33(37)38)31(45(41,42)17(25,26)27)13(35)14(36)32(46(43,44)18(28,29)30)10-4-2-8(16(22,23)24)6-12(10)34(39)40/h1-6H. The Balaban J connectivity index is 3.10. The van der Waals surface area contributed by atoms with E-state index in [1.165, 1.54) is 0 Å². The summed E-state index contributed by atoms with van der Waals surface area (Å²) in [6.45, 7) is 0. The van der Waals surface area contributed by atoms with Gasteiger partial charge in [0, 0.05) is 12.1 Å². The summed E-state index contributed by atoms with van der Waals surface area (Å²) in [7, 11) is -15.4. The number of rotatable bonds is 6. The second kappa shape index (κ2) is 11.6. The molecule has 0 heterocycles. The number of hydrogen-bond donors (Lipinski definition) is 0. The van der Waals surface area contributed by atoms with E-state index >= 15 is 0 Å². The van der Waals surface area contributed by atoms with Gasteiger partial charge in [0.2, 0.25) is 0 Å². The van der Waals surface area contributed by atoms with Gasteiger partial charge in [0.05, 0.1) is 21.0 Å². The van der Waals surface area contributed by atoms with Crippen LogP contribution in [0.25, 0.3) is 0 Å². The summed E-state index contributed by atoms with van der Waals surface area (Å²) in [6, 6.07) is -3.42. The second-order valence-corrected chi connectivity index (χ2v) is 11.5. The summed E-state index contributed by atoms with van der Waals surface area (Å²) in [6.07, 6.45) is -11.1. The fourth-order valence-electron chi connectivity index (χ4n) is 3.11. The van der Waals surface area contributed by atoms with Crippen LogP contribution in [0, 0.1) is 20.2 Å². The smallest absolute Gasteiger partial charge is 0.262 e. The third-order valence-corrected chi connectivity index (χ3v) is 7.91. The third-order valence-electron chi connectivity index (χ3n) is 5.05. The Morgan fingerprint density at radius 2 is 0.826 bits per heavy atom. The summed E-state index contributed by atoms with van der Waals surface area (Å²) in [5.41, 5.74) is -27.8. The van der Waals surface area contributed by atoms with E-state index in [-0.39, 0.29) is 0 Å². The van der Waals surface area contributed by atoms with E-state index < -0.39 is 144 Å². The number of carbonyl (C=O) groups is 2. The van der Waals surface area contributed by atoms with Crippen molar-refractivity contribution in [3.05, 3.63) is 67.8 Å². The number of anilines is 2. The van der Waals surface area contributed by atoms with Gasteiger partial charge in [-0.05, 0) is 24.3 Å². The van der Waals surface area contributed by atoms with Crippen molar-refractivity contribution in [1.29, 1.82) is 0 Å². The molecule has 0 spiro atoms. The SMILES string of the molecule is O=C(C(=O)N(c1ccc(C(F)(F)F)cc1[N+](=O)[O-])S(=O)(=O)C(F)(F)F)N(c1ccc(C(F)(F)F)cc1[N+](=O)[O-])S(=O)(=O)C(F)(F)F. The molecule has 0 aliphatic carbocycles. The van der Waals surface area contributed by atoms with Gasteiger partial charge in [-0.2, -0.15) is 78.1 Å². The number of sulfonamides is 2. The van der Waals surface area contributed by atoms with E-state index in [4.69, 9.17) is 0 Å². The van der Waals surface area contributed by atoms with Gasteiger partial charge in [-0.3, -0.25) is 29.8 Å². The van der Waals surface area contributed by atoms with Crippen molar-refractivity contribution in [2.45, 2.75) is 23.4 Å². The first-order valence-electron chi connectivity index (χ1n) is 10.4. The van der Waals surface area contributed by atoms with Crippen LogP contribution in [0.15, 0.2) is 36.4 Å². The number of amides is 2. The van der Waals surface area contributed by atoms with Gasteiger partial charge < -0.3 is 0 Å². The molecule has 254 valence electrons. The first-order valence-corrected chi connectivity index (χ1v) is 13.3. The van der Waals surface area contributed by atoms with Crippen molar-refractivity contribution in [1.82, 2.24) is 0 Å². The predicted octanol–water partition coefficient (Wildman–Crippen LogP) is 4.61. The van der Waals surface area contributed by atoms with E-state index in [1.807, 2.05) is 0 Å². The number of nitro groups is 2. The van der Waals surface area contributed by atoms with Crippen LogP contribution in [0.5, 0.6) is 0 Å². The van der Waals surface area contributed by atoms with Gasteiger partial charge in [-0.15, -0.1) is 0 Å². The van der Waals surface area contributed by atoms with Crippen LogP contribution < -0.4 is 8.61 Å². The molecule has 0 bridgehead atoms. The number of alkyl halides is 12. The number of nitro benzene ring substituents is 2. The van der Waals surface area contributed by atoms with Gasteiger partial charge in [-0.1, -0.05) is 0 Å². The molecule has 0 N–H and O–H groups in total. The van der Waals surface area contributed by atoms with Crippen LogP contribution in [-0.2, 0) is 42.0 Å². The molecule has 0 saturated heterocycles. The minimum Gasteiger partial charge on any atom is -0.262 e. The molecule has 0 aliphatic heterocycles. The van der Waals surface area contributed by atoms with E-state index in [9.17, 15) is 99.3 Å². The van der Waals surface area contributed by atoms with Crippen LogP contribution >= 0.6 is 0 Å². The molecule has 0 atom stereocenters. The largest absolute Gasteiger partial charge is 0.517 e. The minimum atomic E-state index is -7.70. The molecule has 2 amide bonds. The molecule has 2 rings (SSSR count). The number of hydrogen-bond acceptors (Lipinski definition) is 10. The minimum absolute atomic E-state index is 0.427. The fourth-order valence-corrected chi connectivity index (χ4v) is 4.95. The monoisotopic (exact) mass is 730 g/mol. The molecule has 0 aliphatic rings. The predicted molar refractivity (Wildman–Crippen MR) is 121 cm³/mol. The van der Waals surface area contributed by atoms with E-state index in [0.29, 0.717) is 0 Å². The van der Waals surface area contributed by atoms with Crippen LogP contribution in [0.1, 0.15) is 11.1 Å². The Hall–Kier alpha value is -4.76. The van der Waals surface area contributed by atoms with Gasteiger partial charge in [0.15, 0.2) is 0 Å². The van der Waals surface area contributed by atoms with Gasteiger partial charge in [0.1, 0.15) is 11.4 Å². The van der Waals surface area contributed by atoms with Crippen molar-refractivity contribution >= 4 is 54.6 Å². The fraction of sp³-hybridized carbons (Fsp3) is 0.222. The van der Waals surface area contributed by atoms with Crippen molar-refractivity contribution in [3.63, 3.8) is 0 Å². The molecule has 0 unspecified atom stereocenters. The molecule has 0 radical (unpaired) electrons. The Labute approximate surface area is 243 Å². The number of halogens is 12. The Kier molecular flexibility index (Phi) is 9.40. The highest BCUT2D eigenvalue weighted by Gasteiger charge is 2.59. The maximum atomic E-state index is 13.5. The summed E-state index contributed by atoms with van der Waals surface area (Å²) in [5.74, 6) is -7.44. The first-order chi connectivity index (χ1) is 20.4. The molecule has 2 aromatic rings. The summed E-state index contributed by atoms with van der Waals surface area (Å²) < 4.78 is 204. The van der Waals surface area contributed by atoms with Gasteiger partial charge in [-0.25, -0.2) is 0 Å². The van der Waals surface area contributed by atoms with E-state index in [0.717, 1.165) is 0 Å². The van der Waals surface area contributed by atoms with Crippen LogP contribution in [-0.4, -0.2) is 49.5 Å². The number of benzene rings is 2. The summed E-state index contributed by atoms with van der Waals surface area (Å²) in [5, 5.41) is 22.7. The Morgan fingerprint density at radius 1 is 0.565 bits per heavy atom. The molecule has 14 nitrogen and oxygen atoms in total. The maximum Gasteiger partial charge on any atom is 0.517 e. The highest BCUT2D eigenvalue weighted by Crippen LogP contribution is 2.43. The third kappa shape index (κ3) is 6.89.